The molecule has 178 valence electrons. The van der Waals surface area contributed by atoms with E-state index in [2.05, 4.69) is 5.43 Å². The standard InChI is InChI=1S/C24H29FN2O5S/c25-24(16-4-5-16)20(28)22(32-12-23-9-13-6-14(10-23)8-15(7-13)11-23)27(24)26-21(29)17-2-1-3-18-19(17)33(18,30)31/h1-3,13-16,20,22,28H,4-12H2,(H,26,29). The van der Waals surface area contributed by atoms with E-state index in [1.807, 2.05) is 0 Å². The normalized spacial score (nSPS) is 44.2. The average molecular weight is 477 g/mol. The summed E-state index contributed by atoms with van der Waals surface area (Å²) in [5, 5.41) is 11.9. The van der Waals surface area contributed by atoms with Crippen LogP contribution in [0.1, 0.15) is 61.7 Å². The van der Waals surface area contributed by atoms with Gasteiger partial charge in [0, 0.05) is 5.92 Å². The van der Waals surface area contributed by atoms with Crippen molar-refractivity contribution in [3.8, 4) is 0 Å². The van der Waals surface area contributed by atoms with E-state index in [0.717, 1.165) is 42.0 Å². The molecule has 0 aromatic heterocycles. The Morgan fingerprint density at radius 3 is 2.39 bits per heavy atom. The number of benzene rings is 1. The third kappa shape index (κ3) is 2.88. The number of hydrogen-bond donors (Lipinski definition) is 2. The number of rotatable bonds is 6. The number of halogens is 1. The minimum Gasteiger partial charge on any atom is -0.384 e. The van der Waals surface area contributed by atoms with Crippen LogP contribution in [0.4, 0.5) is 4.39 Å². The zero-order valence-corrected chi connectivity index (χ0v) is 19.2. The first-order chi connectivity index (χ1) is 15.7. The summed E-state index contributed by atoms with van der Waals surface area (Å²) in [6, 6.07) is 4.39. The molecule has 3 unspecified atom stereocenters. The Morgan fingerprint density at radius 2 is 1.79 bits per heavy atom. The SMILES string of the molecule is O=C(NN1C(OCC23CC4CC(CC(C4)C2)C3)C(O)C1(F)C1CC1)c1cccc2c1S2(=O)=O. The Balaban J connectivity index is 1.11. The molecule has 1 saturated heterocycles. The first-order valence-electron chi connectivity index (χ1n) is 12.2. The third-order valence-corrected chi connectivity index (χ3v) is 10.8. The molecule has 0 spiro atoms. The predicted molar refractivity (Wildman–Crippen MR) is 114 cm³/mol. The van der Waals surface area contributed by atoms with Gasteiger partial charge in [-0.25, -0.2) is 12.8 Å². The monoisotopic (exact) mass is 476 g/mol. The van der Waals surface area contributed by atoms with Crippen LogP contribution in [-0.2, 0) is 14.6 Å². The van der Waals surface area contributed by atoms with Crippen molar-refractivity contribution in [2.24, 2.45) is 29.1 Å². The number of alkyl halides is 1. The van der Waals surface area contributed by atoms with Gasteiger partial charge in [0.05, 0.1) is 17.1 Å². The maximum atomic E-state index is 15.9. The highest BCUT2D eigenvalue weighted by Crippen LogP contribution is 2.61. The third-order valence-electron chi connectivity index (χ3n) is 9.15. The van der Waals surface area contributed by atoms with Gasteiger partial charge in [0.25, 0.3) is 5.91 Å². The predicted octanol–water partition coefficient (Wildman–Crippen LogP) is 2.79. The topological polar surface area (TPSA) is 95.9 Å². The van der Waals surface area contributed by atoms with Crippen molar-refractivity contribution in [2.45, 2.75) is 79.3 Å². The zero-order chi connectivity index (χ0) is 22.8. The number of sulfone groups is 1. The van der Waals surface area contributed by atoms with Crippen LogP contribution in [0.25, 0.3) is 0 Å². The molecule has 1 aromatic carbocycles. The fourth-order valence-electron chi connectivity index (χ4n) is 7.87. The lowest BCUT2D eigenvalue weighted by Crippen LogP contribution is -2.80. The molecule has 33 heavy (non-hydrogen) atoms. The molecule has 6 fully saturated rings. The fraction of sp³-hybridized carbons (Fsp3) is 0.708. The van der Waals surface area contributed by atoms with E-state index in [0.29, 0.717) is 19.4 Å². The van der Waals surface area contributed by atoms with E-state index in [4.69, 9.17) is 4.74 Å². The minimum absolute atomic E-state index is 0.00508. The van der Waals surface area contributed by atoms with Gasteiger partial charge in [0.15, 0.2) is 6.23 Å². The fourth-order valence-corrected chi connectivity index (χ4v) is 9.38. The highest BCUT2D eigenvalue weighted by atomic mass is 32.2. The number of carbonyl (C=O) groups is 1. The van der Waals surface area contributed by atoms with Crippen LogP contribution >= 0.6 is 0 Å². The number of nitrogens with one attached hydrogen (secondary N) is 1. The maximum Gasteiger partial charge on any atom is 0.267 e. The summed E-state index contributed by atoms with van der Waals surface area (Å²) in [6.45, 7) is 0.459. The summed E-state index contributed by atoms with van der Waals surface area (Å²) < 4.78 is 46.2. The summed E-state index contributed by atoms with van der Waals surface area (Å²) in [7, 11) is -3.52. The number of hydrogen-bond acceptors (Lipinski definition) is 6. The van der Waals surface area contributed by atoms with Gasteiger partial charge in [0.2, 0.25) is 15.6 Å². The number of fused-ring (bicyclic) bond motifs is 1. The average Bonchev–Trinajstić information content (AvgIpc) is 3.69. The molecule has 3 atom stereocenters. The van der Waals surface area contributed by atoms with Crippen LogP contribution in [0.15, 0.2) is 28.0 Å². The van der Waals surface area contributed by atoms with Crippen molar-refractivity contribution in [1.29, 1.82) is 0 Å². The van der Waals surface area contributed by atoms with Crippen molar-refractivity contribution >= 4 is 15.7 Å². The molecule has 1 amide bonds. The molecular weight excluding hydrogens is 447 g/mol. The second-order valence-electron chi connectivity index (χ2n) is 11.5. The lowest BCUT2D eigenvalue weighted by molar-refractivity contribution is -0.354. The van der Waals surface area contributed by atoms with Crippen molar-refractivity contribution in [2.75, 3.05) is 6.61 Å². The van der Waals surface area contributed by atoms with Crippen LogP contribution in [-0.4, -0.2) is 49.2 Å². The minimum atomic E-state index is -3.52. The Morgan fingerprint density at radius 1 is 1.15 bits per heavy atom. The summed E-state index contributed by atoms with van der Waals surface area (Å²) in [6.07, 6.45) is 6.28. The van der Waals surface area contributed by atoms with Crippen molar-refractivity contribution < 1.29 is 27.4 Å². The van der Waals surface area contributed by atoms with Crippen LogP contribution in [0, 0.1) is 29.1 Å². The Kier molecular flexibility index (Phi) is 4.13. The van der Waals surface area contributed by atoms with Gasteiger partial charge in [-0.3, -0.25) is 10.2 Å². The number of carbonyl (C=O) groups excluding carboxylic acids is 1. The second kappa shape index (κ2) is 6.56. The molecule has 0 radical (unpaired) electrons. The van der Waals surface area contributed by atoms with E-state index in [-0.39, 0.29) is 26.7 Å². The quantitative estimate of drug-likeness (QED) is 0.492. The largest absolute Gasteiger partial charge is 0.384 e. The van der Waals surface area contributed by atoms with Crippen LogP contribution < -0.4 is 5.43 Å². The lowest BCUT2D eigenvalue weighted by Gasteiger charge is -2.59. The molecule has 7 aliphatic rings. The smallest absolute Gasteiger partial charge is 0.267 e. The van der Waals surface area contributed by atoms with E-state index < -0.39 is 33.9 Å². The van der Waals surface area contributed by atoms with Gasteiger partial charge in [-0.15, -0.1) is 0 Å². The molecule has 8 rings (SSSR count). The van der Waals surface area contributed by atoms with Gasteiger partial charge >= 0.3 is 0 Å². The van der Waals surface area contributed by atoms with E-state index in [1.54, 1.807) is 0 Å². The number of ether oxygens (including phenoxy) is 1. The molecule has 2 heterocycles. The molecule has 5 saturated carbocycles. The number of aliphatic hydroxyl groups excluding tert-OH is 1. The van der Waals surface area contributed by atoms with E-state index in [9.17, 15) is 18.3 Å². The van der Waals surface area contributed by atoms with E-state index in [1.165, 1.54) is 37.5 Å². The summed E-state index contributed by atoms with van der Waals surface area (Å²) >= 11 is 0. The lowest BCUT2D eigenvalue weighted by atomic mass is 9.50. The summed E-state index contributed by atoms with van der Waals surface area (Å²) in [4.78, 5) is 13.1. The molecule has 2 N–H and O–H groups in total. The molecular formula is C24H29FN2O5S. The van der Waals surface area contributed by atoms with Gasteiger partial charge in [-0.05, 0) is 86.7 Å². The van der Waals surface area contributed by atoms with Gasteiger partial charge in [-0.1, -0.05) is 6.07 Å². The van der Waals surface area contributed by atoms with Gasteiger partial charge < -0.3 is 9.84 Å². The van der Waals surface area contributed by atoms with Crippen molar-refractivity contribution in [3.63, 3.8) is 0 Å². The number of hydrazine groups is 1. The second-order valence-corrected chi connectivity index (χ2v) is 13.4. The first-order valence-corrected chi connectivity index (χ1v) is 13.7. The Labute approximate surface area is 192 Å². The molecule has 1 aromatic rings. The molecule has 9 heteroatoms. The Hall–Kier alpha value is -1.55. The number of amides is 1. The van der Waals surface area contributed by atoms with E-state index >= 15 is 4.39 Å². The highest BCUT2D eigenvalue weighted by molar-refractivity contribution is 7.97. The maximum absolute atomic E-state index is 15.9. The van der Waals surface area contributed by atoms with Gasteiger partial charge in [-0.2, -0.15) is 5.01 Å². The molecule has 7 nitrogen and oxygen atoms in total. The number of nitrogens with zero attached hydrogens (tertiary/aromatic N) is 1. The summed E-state index contributed by atoms with van der Waals surface area (Å²) in [5.41, 5.74) is 2.67. The highest BCUT2D eigenvalue weighted by Gasteiger charge is 2.69. The first kappa shape index (κ1) is 20.8. The zero-order valence-electron chi connectivity index (χ0n) is 18.4. The molecule has 4 bridgehead atoms. The Bertz CT molecular complexity index is 1120. The molecule has 2 aliphatic heterocycles. The van der Waals surface area contributed by atoms with Crippen molar-refractivity contribution in [3.05, 3.63) is 23.8 Å². The van der Waals surface area contributed by atoms with Gasteiger partial charge in [0.1, 0.15) is 11.0 Å². The van der Waals surface area contributed by atoms with Crippen LogP contribution in [0.3, 0.4) is 0 Å². The molecule has 5 aliphatic carbocycles. The summed E-state index contributed by atoms with van der Waals surface area (Å²) in [5.74, 6) is -0.890. The van der Waals surface area contributed by atoms with Crippen molar-refractivity contribution in [1.82, 2.24) is 10.4 Å². The number of aliphatic hydroxyl groups is 1. The van der Waals surface area contributed by atoms with Crippen LogP contribution in [0.5, 0.6) is 0 Å². The van der Waals surface area contributed by atoms with Crippen LogP contribution in [0.2, 0.25) is 0 Å².